The van der Waals surface area contributed by atoms with Gasteiger partial charge in [0.1, 0.15) is 10.6 Å². The minimum absolute atomic E-state index is 0.00781. The van der Waals surface area contributed by atoms with E-state index in [1.54, 1.807) is 0 Å². The predicted molar refractivity (Wildman–Crippen MR) is 123 cm³/mol. The van der Waals surface area contributed by atoms with E-state index in [9.17, 15) is 14.4 Å². The van der Waals surface area contributed by atoms with Crippen LogP contribution in [0.15, 0.2) is 0 Å². The van der Waals surface area contributed by atoms with Gasteiger partial charge in [0.05, 0.1) is 5.56 Å². The molecule has 1 aliphatic heterocycles. The number of carbonyl (C=O) groups is 3. The van der Waals surface area contributed by atoms with Crippen LogP contribution in [-0.2, 0) is 22.4 Å². The molecule has 31 heavy (non-hydrogen) atoms. The number of amides is 3. The van der Waals surface area contributed by atoms with Crippen LogP contribution in [0.2, 0.25) is 0 Å². The van der Waals surface area contributed by atoms with E-state index in [1.165, 1.54) is 11.3 Å². The van der Waals surface area contributed by atoms with Crippen LogP contribution in [-0.4, -0.2) is 47.5 Å². The lowest BCUT2D eigenvalue weighted by Gasteiger charge is -2.27. The van der Waals surface area contributed by atoms with E-state index < -0.39 is 11.7 Å². The molecule has 1 saturated heterocycles. The summed E-state index contributed by atoms with van der Waals surface area (Å²) in [6.45, 7) is 11.1. The first kappa shape index (κ1) is 23.6. The highest BCUT2D eigenvalue weighted by atomic mass is 32.1. The molecule has 0 aromatic carbocycles. The summed E-state index contributed by atoms with van der Waals surface area (Å²) in [4.78, 5) is 41.1. The summed E-state index contributed by atoms with van der Waals surface area (Å²) < 4.78 is 5.40. The quantitative estimate of drug-likeness (QED) is 0.700. The van der Waals surface area contributed by atoms with Crippen LogP contribution in [0.1, 0.15) is 81.1 Å². The Bertz CT molecular complexity index is 843. The predicted octanol–water partition coefficient (Wildman–Crippen LogP) is 4.35. The number of nitrogens with one attached hydrogen (secondary N) is 2. The van der Waals surface area contributed by atoms with Crippen molar-refractivity contribution < 1.29 is 19.1 Å². The van der Waals surface area contributed by atoms with Crippen molar-refractivity contribution in [2.24, 2.45) is 5.92 Å². The van der Waals surface area contributed by atoms with Gasteiger partial charge in [-0.25, -0.2) is 4.79 Å². The van der Waals surface area contributed by atoms with Crippen molar-refractivity contribution in [1.29, 1.82) is 0 Å². The van der Waals surface area contributed by atoms with Gasteiger partial charge in [-0.3, -0.25) is 9.59 Å². The number of nitrogens with zero attached hydrogens (tertiary/aromatic N) is 1. The number of thiophene rings is 1. The average Bonchev–Trinajstić information content (AvgIpc) is 3.23. The summed E-state index contributed by atoms with van der Waals surface area (Å²) in [6.07, 6.45) is 3.86. The maximum Gasteiger partial charge on any atom is 0.407 e. The van der Waals surface area contributed by atoms with Crippen LogP contribution in [0.25, 0.3) is 0 Å². The fourth-order valence-electron chi connectivity index (χ4n) is 4.19. The second kappa shape index (κ2) is 9.59. The van der Waals surface area contributed by atoms with E-state index in [1.807, 2.05) is 32.6 Å². The van der Waals surface area contributed by atoms with Crippen molar-refractivity contribution >= 4 is 34.2 Å². The highest BCUT2D eigenvalue weighted by Gasteiger charge is 2.34. The molecule has 3 rings (SSSR count). The SMILES string of the molecule is CCCC(=O)Nc1sc2c(c1C(=O)N1CCC(C)C1)CC(NC(=O)OC(C)(C)C)CC2. The van der Waals surface area contributed by atoms with E-state index in [4.69, 9.17) is 4.74 Å². The molecule has 1 aromatic rings. The van der Waals surface area contributed by atoms with Crippen molar-refractivity contribution in [2.45, 2.75) is 84.8 Å². The molecule has 0 saturated carbocycles. The summed E-state index contributed by atoms with van der Waals surface area (Å²) in [7, 11) is 0. The van der Waals surface area contributed by atoms with Crippen LogP contribution >= 0.6 is 11.3 Å². The van der Waals surface area contributed by atoms with Crippen molar-refractivity contribution in [1.82, 2.24) is 10.2 Å². The lowest BCUT2D eigenvalue weighted by molar-refractivity contribution is -0.116. The molecule has 0 radical (unpaired) electrons. The molecule has 2 N–H and O–H groups in total. The number of likely N-dealkylation sites (tertiary alicyclic amines) is 1. The zero-order valence-electron chi connectivity index (χ0n) is 19.3. The van der Waals surface area contributed by atoms with E-state index in [-0.39, 0.29) is 17.9 Å². The number of aryl methyl sites for hydroxylation is 1. The Morgan fingerprint density at radius 1 is 1.23 bits per heavy atom. The lowest BCUT2D eigenvalue weighted by Crippen LogP contribution is -2.42. The van der Waals surface area contributed by atoms with Gasteiger partial charge in [-0.1, -0.05) is 13.8 Å². The van der Waals surface area contributed by atoms with Gasteiger partial charge in [0.2, 0.25) is 5.91 Å². The Morgan fingerprint density at radius 3 is 2.58 bits per heavy atom. The standard InChI is InChI=1S/C23H35N3O4S/c1-6-7-18(27)25-20-19(21(28)26-11-10-14(2)13-26)16-12-15(8-9-17(16)31-20)24-22(29)30-23(3,4)5/h14-15H,6-13H2,1-5H3,(H,24,29)(H,25,27). The highest BCUT2D eigenvalue weighted by Crippen LogP contribution is 2.39. The molecule has 2 atom stereocenters. The molecule has 8 heteroatoms. The summed E-state index contributed by atoms with van der Waals surface area (Å²) in [6, 6.07) is -0.0970. The second-order valence-electron chi connectivity index (χ2n) is 9.74. The topological polar surface area (TPSA) is 87.7 Å². The number of ether oxygens (including phenoxy) is 1. The fraction of sp³-hybridized carbons (Fsp3) is 0.696. The van der Waals surface area contributed by atoms with Crippen LogP contribution in [0.5, 0.6) is 0 Å². The number of fused-ring (bicyclic) bond motifs is 1. The van der Waals surface area contributed by atoms with Gasteiger partial charge in [0, 0.05) is 30.4 Å². The molecule has 1 aromatic heterocycles. The van der Waals surface area contributed by atoms with Crippen molar-refractivity contribution in [2.75, 3.05) is 18.4 Å². The largest absolute Gasteiger partial charge is 0.444 e. The van der Waals surface area contributed by atoms with E-state index in [0.29, 0.717) is 29.3 Å². The third-order valence-corrected chi connectivity index (χ3v) is 6.84. The second-order valence-corrected chi connectivity index (χ2v) is 10.8. The average molecular weight is 450 g/mol. The van der Waals surface area contributed by atoms with E-state index in [0.717, 1.165) is 49.2 Å². The number of anilines is 1. The smallest absolute Gasteiger partial charge is 0.407 e. The molecule has 172 valence electrons. The number of carbonyl (C=O) groups excluding carboxylic acids is 3. The molecule has 2 aliphatic rings. The normalized spacial score (nSPS) is 20.9. The molecule has 1 fully saturated rings. The maximum atomic E-state index is 13.5. The van der Waals surface area contributed by atoms with Gasteiger partial charge >= 0.3 is 6.09 Å². The van der Waals surface area contributed by atoms with Crippen LogP contribution < -0.4 is 10.6 Å². The first-order valence-electron chi connectivity index (χ1n) is 11.3. The van der Waals surface area contributed by atoms with Crippen molar-refractivity contribution in [3.63, 3.8) is 0 Å². The number of rotatable bonds is 5. The third-order valence-electron chi connectivity index (χ3n) is 5.64. The first-order valence-corrected chi connectivity index (χ1v) is 12.1. The molecule has 0 spiro atoms. The first-order chi connectivity index (χ1) is 14.6. The van der Waals surface area contributed by atoms with Crippen LogP contribution in [0, 0.1) is 5.92 Å². The van der Waals surface area contributed by atoms with Gasteiger partial charge in [-0.15, -0.1) is 11.3 Å². The summed E-state index contributed by atoms with van der Waals surface area (Å²) in [5.74, 6) is 0.415. The minimum atomic E-state index is -0.559. The molecular weight excluding hydrogens is 414 g/mol. The van der Waals surface area contributed by atoms with Gasteiger partial charge in [-0.2, -0.15) is 0 Å². The monoisotopic (exact) mass is 449 g/mol. The number of alkyl carbamates (subject to hydrolysis) is 1. The Labute approximate surface area is 188 Å². The van der Waals surface area contributed by atoms with Crippen LogP contribution in [0.4, 0.5) is 9.80 Å². The molecule has 2 unspecified atom stereocenters. The van der Waals surface area contributed by atoms with Gasteiger partial charge in [0.25, 0.3) is 5.91 Å². The van der Waals surface area contributed by atoms with Gasteiger partial charge in [0.15, 0.2) is 0 Å². The minimum Gasteiger partial charge on any atom is -0.444 e. The highest BCUT2D eigenvalue weighted by molar-refractivity contribution is 7.17. The molecule has 1 aliphatic carbocycles. The summed E-state index contributed by atoms with van der Waals surface area (Å²) >= 11 is 1.51. The zero-order chi connectivity index (χ0) is 22.8. The molecule has 0 bridgehead atoms. The maximum absolute atomic E-state index is 13.5. The Morgan fingerprint density at radius 2 is 1.97 bits per heavy atom. The molecule has 7 nitrogen and oxygen atoms in total. The van der Waals surface area contributed by atoms with Crippen molar-refractivity contribution in [3.8, 4) is 0 Å². The van der Waals surface area contributed by atoms with Gasteiger partial charge in [-0.05, 0) is 64.4 Å². The number of hydrogen-bond donors (Lipinski definition) is 2. The molecule has 3 amide bonds. The zero-order valence-corrected chi connectivity index (χ0v) is 20.1. The van der Waals surface area contributed by atoms with Gasteiger partial charge < -0.3 is 20.3 Å². The lowest BCUT2D eigenvalue weighted by atomic mass is 9.91. The Balaban J connectivity index is 1.84. The number of hydrogen-bond acceptors (Lipinski definition) is 5. The summed E-state index contributed by atoms with van der Waals surface area (Å²) in [5, 5.41) is 6.61. The fourth-order valence-corrected chi connectivity index (χ4v) is 5.44. The van der Waals surface area contributed by atoms with Crippen LogP contribution in [0.3, 0.4) is 0 Å². The van der Waals surface area contributed by atoms with E-state index >= 15 is 0 Å². The summed E-state index contributed by atoms with van der Waals surface area (Å²) in [5.41, 5.74) is 1.03. The Kier molecular flexibility index (Phi) is 7.29. The van der Waals surface area contributed by atoms with E-state index in [2.05, 4.69) is 17.6 Å². The third kappa shape index (κ3) is 5.99. The molecule has 2 heterocycles. The van der Waals surface area contributed by atoms with Crippen molar-refractivity contribution in [3.05, 3.63) is 16.0 Å². The Hall–Kier alpha value is -2.09. The molecular formula is C23H35N3O4S.